The maximum absolute atomic E-state index is 11.8. The second kappa shape index (κ2) is 6.15. The molecule has 0 aliphatic heterocycles. The fraction of sp³-hybridized carbons (Fsp3) is 0.556. The van der Waals surface area contributed by atoms with Crippen LogP contribution in [-0.2, 0) is 4.74 Å². The van der Waals surface area contributed by atoms with Crippen molar-refractivity contribution in [3.05, 3.63) is 16.9 Å². The molecule has 0 aromatic carbocycles. The molecule has 1 heterocycles. The van der Waals surface area contributed by atoms with Gasteiger partial charge >= 0.3 is 6.18 Å². The van der Waals surface area contributed by atoms with Crippen LogP contribution in [0.1, 0.15) is 6.92 Å². The molecule has 17 heavy (non-hydrogen) atoms. The molecule has 0 saturated carbocycles. The summed E-state index contributed by atoms with van der Waals surface area (Å²) in [7, 11) is 0. The quantitative estimate of drug-likeness (QED) is 0.907. The van der Waals surface area contributed by atoms with Crippen molar-refractivity contribution in [2.75, 3.05) is 18.5 Å². The third kappa shape index (κ3) is 6.42. The summed E-state index contributed by atoms with van der Waals surface area (Å²) in [6.45, 7) is 0.362. The number of ether oxygens (including phenoxy) is 1. The first-order valence-electron chi connectivity index (χ1n) is 4.75. The second-order valence-corrected chi connectivity index (χ2v) is 4.32. The van der Waals surface area contributed by atoms with Crippen molar-refractivity contribution in [3.63, 3.8) is 0 Å². The molecule has 0 amide bonds. The van der Waals surface area contributed by atoms with Crippen LogP contribution in [0.2, 0.25) is 0 Å². The zero-order valence-electron chi connectivity index (χ0n) is 8.96. The van der Waals surface area contributed by atoms with Crippen LogP contribution in [0.15, 0.2) is 16.9 Å². The van der Waals surface area contributed by atoms with Gasteiger partial charge in [0.05, 0.1) is 11.1 Å². The smallest absolute Gasteiger partial charge is 0.370 e. The molecule has 4 nitrogen and oxygen atoms in total. The van der Waals surface area contributed by atoms with Gasteiger partial charge in [-0.25, -0.2) is 9.97 Å². The summed E-state index contributed by atoms with van der Waals surface area (Å²) in [5.41, 5.74) is 0. The van der Waals surface area contributed by atoms with Crippen LogP contribution in [0, 0.1) is 0 Å². The van der Waals surface area contributed by atoms with E-state index in [-0.39, 0.29) is 12.6 Å². The zero-order valence-corrected chi connectivity index (χ0v) is 10.5. The highest BCUT2D eigenvalue weighted by atomic mass is 79.9. The monoisotopic (exact) mass is 313 g/mol. The maximum Gasteiger partial charge on any atom is 0.411 e. The fourth-order valence-electron chi connectivity index (χ4n) is 1.00. The van der Waals surface area contributed by atoms with E-state index in [1.807, 2.05) is 0 Å². The van der Waals surface area contributed by atoms with Crippen molar-refractivity contribution in [1.82, 2.24) is 9.97 Å². The van der Waals surface area contributed by atoms with Crippen molar-refractivity contribution in [3.8, 4) is 0 Å². The van der Waals surface area contributed by atoms with Gasteiger partial charge in [0.2, 0.25) is 5.95 Å². The third-order valence-electron chi connectivity index (χ3n) is 1.63. The zero-order chi connectivity index (χ0) is 12.9. The molecule has 0 saturated heterocycles. The minimum atomic E-state index is -4.30. The number of aromatic nitrogens is 2. The average molecular weight is 314 g/mol. The molecule has 0 aliphatic rings. The van der Waals surface area contributed by atoms with Gasteiger partial charge in [-0.2, -0.15) is 13.2 Å². The molecule has 0 fully saturated rings. The third-order valence-corrected chi connectivity index (χ3v) is 2.04. The van der Waals surface area contributed by atoms with E-state index in [1.54, 1.807) is 19.3 Å². The fourth-order valence-corrected chi connectivity index (χ4v) is 1.21. The highest BCUT2D eigenvalue weighted by Gasteiger charge is 2.27. The molecule has 8 heteroatoms. The largest absolute Gasteiger partial charge is 0.411 e. The predicted octanol–water partition coefficient (Wildman–Crippen LogP) is 2.62. The lowest BCUT2D eigenvalue weighted by Gasteiger charge is -2.14. The Morgan fingerprint density at radius 1 is 1.41 bits per heavy atom. The molecule has 0 bridgehead atoms. The lowest BCUT2D eigenvalue weighted by Crippen LogP contribution is -2.26. The molecule has 1 aromatic rings. The SMILES string of the molecule is C[C@H](COCC(F)(F)F)Nc1ncc(Br)cn1. The Balaban J connectivity index is 2.30. The summed E-state index contributed by atoms with van der Waals surface area (Å²) in [4.78, 5) is 7.86. The summed E-state index contributed by atoms with van der Waals surface area (Å²) in [6, 6.07) is -0.307. The number of hydrogen-bond donors (Lipinski definition) is 1. The Kier molecular flexibility index (Phi) is 5.13. The van der Waals surface area contributed by atoms with Crippen LogP contribution < -0.4 is 5.32 Å². The van der Waals surface area contributed by atoms with E-state index in [0.29, 0.717) is 5.95 Å². The van der Waals surface area contributed by atoms with Crippen LogP contribution >= 0.6 is 15.9 Å². The minimum absolute atomic E-state index is 0.0705. The molecule has 1 N–H and O–H groups in total. The Labute approximate surface area is 105 Å². The molecule has 0 radical (unpaired) electrons. The molecule has 96 valence electrons. The van der Waals surface area contributed by atoms with Crippen LogP contribution in [0.25, 0.3) is 0 Å². The van der Waals surface area contributed by atoms with Crippen molar-refractivity contribution in [2.24, 2.45) is 0 Å². The van der Waals surface area contributed by atoms with Crippen molar-refractivity contribution in [2.45, 2.75) is 19.1 Å². The molecule has 0 aliphatic carbocycles. The number of nitrogens with one attached hydrogen (secondary N) is 1. The van der Waals surface area contributed by atoms with Crippen molar-refractivity contribution in [1.29, 1.82) is 0 Å². The van der Waals surface area contributed by atoms with Crippen LogP contribution in [0.5, 0.6) is 0 Å². The van der Waals surface area contributed by atoms with E-state index in [2.05, 4.69) is 36.0 Å². The van der Waals surface area contributed by atoms with E-state index in [1.165, 1.54) is 0 Å². The summed E-state index contributed by atoms with van der Waals surface area (Å²) < 4.78 is 40.6. The number of alkyl halides is 3. The molecule has 1 atom stereocenters. The first-order valence-corrected chi connectivity index (χ1v) is 5.55. The Morgan fingerprint density at radius 2 is 2.00 bits per heavy atom. The van der Waals surface area contributed by atoms with Gasteiger partial charge in [-0.15, -0.1) is 0 Å². The highest BCUT2D eigenvalue weighted by Crippen LogP contribution is 2.14. The van der Waals surface area contributed by atoms with Gasteiger partial charge in [-0.3, -0.25) is 0 Å². The average Bonchev–Trinajstić information content (AvgIpc) is 2.19. The van der Waals surface area contributed by atoms with Crippen LogP contribution in [0.3, 0.4) is 0 Å². The first-order chi connectivity index (χ1) is 7.87. The topological polar surface area (TPSA) is 47.0 Å². The molecular formula is C9H11BrF3N3O. The number of hydrogen-bond acceptors (Lipinski definition) is 4. The highest BCUT2D eigenvalue weighted by molar-refractivity contribution is 9.10. The molecular weight excluding hydrogens is 303 g/mol. The minimum Gasteiger partial charge on any atom is -0.370 e. The number of nitrogens with zero attached hydrogens (tertiary/aromatic N) is 2. The molecule has 0 unspecified atom stereocenters. The summed E-state index contributed by atoms with van der Waals surface area (Å²) in [5, 5.41) is 2.82. The van der Waals surface area contributed by atoms with Gasteiger partial charge < -0.3 is 10.1 Å². The number of rotatable bonds is 5. The van der Waals surface area contributed by atoms with E-state index in [0.717, 1.165) is 4.47 Å². The standard InChI is InChI=1S/C9H11BrF3N3O/c1-6(4-17-5-9(11,12)13)16-8-14-2-7(10)3-15-8/h2-3,6H,4-5H2,1H3,(H,14,15,16)/t6-/m1/s1. The maximum atomic E-state index is 11.8. The van der Waals surface area contributed by atoms with Crippen LogP contribution in [0.4, 0.5) is 19.1 Å². The number of anilines is 1. The molecule has 1 aromatic heterocycles. The predicted molar refractivity (Wildman–Crippen MR) is 59.7 cm³/mol. The van der Waals surface area contributed by atoms with E-state index in [9.17, 15) is 13.2 Å². The Hall–Kier alpha value is -0.890. The van der Waals surface area contributed by atoms with E-state index in [4.69, 9.17) is 0 Å². The van der Waals surface area contributed by atoms with Crippen molar-refractivity contribution >= 4 is 21.9 Å². The van der Waals surface area contributed by atoms with Gasteiger partial charge in [-0.1, -0.05) is 0 Å². The Bertz CT molecular complexity index is 344. The first kappa shape index (κ1) is 14.2. The van der Waals surface area contributed by atoms with Crippen molar-refractivity contribution < 1.29 is 17.9 Å². The number of halogens is 4. The molecule has 0 spiro atoms. The molecule has 1 rings (SSSR count). The summed E-state index contributed by atoms with van der Waals surface area (Å²) >= 11 is 3.17. The van der Waals surface area contributed by atoms with Crippen LogP contribution in [-0.4, -0.2) is 35.4 Å². The lowest BCUT2D eigenvalue weighted by atomic mass is 10.4. The normalized spacial score (nSPS) is 13.5. The summed E-state index contributed by atoms with van der Waals surface area (Å²) in [5.74, 6) is 0.344. The van der Waals surface area contributed by atoms with Gasteiger partial charge in [0.1, 0.15) is 6.61 Å². The second-order valence-electron chi connectivity index (χ2n) is 3.40. The summed E-state index contributed by atoms with van der Waals surface area (Å²) in [6.07, 6.45) is -1.22. The Morgan fingerprint density at radius 3 is 2.53 bits per heavy atom. The van der Waals surface area contributed by atoms with E-state index >= 15 is 0 Å². The van der Waals surface area contributed by atoms with Gasteiger partial charge in [0, 0.05) is 18.4 Å². The van der Waals surface area contributed by atoms with Gasteiger partial charge in [-0.05, 0) is 22.9 Å². The van der Waals surface area contributed by atoms with Gasteiger partial charge in [0.15, 0.2) is 0 Å². The van der Waals surface area contributed by atoms with Gasteiger partial charge in [0.25, 0.3) is 0 Å². The van der Waals surface area contributed by atoms with E-state index < -0.39 is 12.8 Å². The lowest BCUT2D eigenvalue weighted by molar-refractivity contribution is -0.174.